The van der Waals surface area contributed by atoms with Crippen LogP contribution in [0.2, 0.25) is 0 Å². The second-order valence-electron chi connectivity index (χ2n) is 10.8. The third-order valence-corrected chi connectivity index (χ3v) is 8.62. The maximum atomic E-state index is 14.3. The lowest BCUT2D eigenvalue weighted by atomic mass is 9.90. The predicted octanol–water partition coefficient (Wildman–Crippen LogP) is 6.43. The minimum atomic E-state index is -0.523. The van der Waals surface area contributed by atoms with Gasteiger partial charge < -0.3 is 14.4 Å². The van der Waals surface area contributed by atoms with E-state index in [9.17, 15) is 9.59 Å². The lowest BCUT2D eigenvalue weighted by Crippen LogP contribution is -2.52. The summed E-state index contributed by atoms with van der Waals surface area (Å²) >= 11 is 0. The number of hydrogen-bond donors (Lipinski definition) is 0. The molecular weight excluding hydrogens is 470 g/mol. The van der Waals surface area contributed by atoms with Crippen LogP contribution in [0.1, 0.15) is 60.6 Å². The molecule has 3 atom stereocenters. The molecule has 2 amide bonds. The molecule has 6 rings (SSSR count). The van der Waals surface area contributed by atoms with E-state index in [-0.39, 0.29) is 23.8 Å². The van der Waals surface area contributed by atoms with Crippen molar-refractivity contribution in [1.82, 2.24) is 14.4 Å². The Morgan fingerprint density at radius 3 is 2.32 bits per heavy atom. The molecule has 0 saturated carbocycles. The molecule has 5 heteroatoms. The van der Waals surface area contributed by atoms with E-state index in [1.165, 1.54) is 0 Å². The first-order chi connectivity index (χ1) is 18.5. The van der Waals surface area contributed by atoms with Crippen LogP contribution in [0, 0.1) is 5.92 Å². The monoisotopic (exact) mass is 505 g/mol. The van der Waals surface area contributed by atoms with Crippen LogP contribution in [0.4, 0.5) is 0 Å². The number of rotatable bonds is 6. The fourth-order valence-electron chi connectivity index (χ4n) is 6.55. The second-order valence-corrected chi connectivity index (χ2v) is 10.8. The van der Waals surface area contributed by atoms with E-state index in [2.05, 4.69) is 80.1 Å². The first-order valence-corrected chi connectivity index (χ1v) is 13.9. The van der Waals surface area contributed by atoms with Gasteiger partial charge in [-0.05, 0) is 42.0 Å². The average molecular weight is 506 g/mol. The minimum Gasteiger partial charge on any atom is -0.343 e. The Morgan fingerprint density at radius 2 is 1.58 bits per heavy atom. The summed E-state index contributed by atoms with van der Waals surface area (Å²) in [6.45, 7) is 5.78. The first kappa shape index (κ1) is 24.5. The molecule has 2 aliphatic rings. The highest BCUT2D eigenvalue weighted by atomic mass is 16.2. The number of carbonyl (C=O) groups is 2. The average Bonchev–Trinajstić information content (AvgIpc) is 3.66. The standard InChI is InChI=1S/C33H35N3O2/c1-4-22(2)29(33(38)35-20-12-13-21-35)36-31(24-16-8-9-17-25(24)32(36)37)28-26-18-10-11-19-27(26)34(3)30(28)23-14-6-5-7-15-23/h5-11,14-19,22,29,31H,4,12-13,20-21H2,1-3H3. The van der Waals surface area contributed by atoms with Crippen molar-refractivity contribution in [3.05, 3.63) is 95.6 Å². The molecule has 0 spiro atoms. The highest BCUT2D eigenvalue weighted by Gasteiger charge is 2.48. The number of benzene rings is 3. The molecule has 2 aliphatic heterocycles. The van der Waals surface area contributed by atoms with Crippen molar-refractivity contribution in [2.75, 3.05) is 13.1 Å². The van der Waals surface area contributed by atoms with Gasteiger partial charge in [-0.1, -0.05) is 87.0 Å². The molecule has 1 saturated heterocycles. The van der Waals surface area contributed by atoms with Crippen LogP contribution in [-0.4, -0.2) is 45.3 Å². The number of aryl methyl sites for hydroxylation is 1. The zero-order chi connectivity index (χ0) is 26.4. The summed E-state index contributed by atoms with van der Waals surface area (Å²) in [6.07, 6.45) is 2.87. The lowest BCUT2D eigenvalue weighted by molar-refractivity contribution is -0.137. The van der Waals surface area contributed by atoms with Crippen molar-refractivity contribution in [3.8, 4) is 11.3 Å². The Labute approximate surface area is 224 Å². The Kier molecular flexibility index (Phi) is 6.30. The highest BCUT2D eigenvalue weighted by molar-refractivity contribution is 6.04. The van der Waals surface area contributed by atoms with Gasteiger partial charge >= 0.3 is 0 Å². The number of likely N-dealkylation sites (tertiary alicyclic amines) is 1. The minimum absolute atomic E-state index is 0.0269. The van der Waals surface area contributed by atoms with E-state index in [0.717, 1.165) is 65.6 Å². The molecule has 5 nitrogen and oxygen atoms in total. The van der Waals surface area contributed by atoms with Crippen LogP contribution in [0.25, 0.3) is 22.2 Å². The SMILES string of the molecule is CCC(C)C(C(=O)N1CCCC1)N1C(=O)c2ccccc2C1c1c(-c2ccccc2)n(C)c2ccccc12. The van der Waals surface area contributed by atoms with Crippen molar-refractivity contribution in [2.45, 2.75) is 45.2 Å². The van der Waals surface area contributed by atoms with Crippen LogP contribution in [0.15, 0.2) is 78.9 Å². The molecule has 38 heavy (non-hydrogen) atoms. The first-order valence-electron chi connectivity index (χ1n) is 13.9. The Hall–Kier alpha value is -3.86. The maximum absolute atomic E-state index is 14.3. The van der Waals surface area contributed by atoms with Crippen molar-refractivity contribution in [1.29, 1.82) is 0 Å². The van der Waals surface area contributed by atoms with E-state index >= 15 is 0 Å². The molecule has 0 bridgehead atoms. The Morgan fingerprint density at radius 1 is 0.921 bits per heavy atom. The molecule has 1 aromatic heterocycles. The number of hydrogen-bond acceptors (Lipinski definition) is 2. The normalized spacial score (nSPS) is 18.7. The number of amides is 2. The fourth-order valence-corrected chi connectivity index (χ4v) is 6.55. The summed E-state index contributed by atoms with van der Waals surface area (Å²) in [4.78, 5) is 32.4. The summed E-state index contributed by atoms with van der Waals surface area (Å²) in [7, 11) is 2.10. The second kappa shape index (κ2) is 9.79. The van der Waals surface area contributed by atoms with Gasteiger partial charge in [-0.3, -0.25) is 9.59 Å². The summed E-state index contributed by atoms with van der Waals surface area (Å²) in [5.41, 5.74) is 6.08. The van der Waals surface area contributed by atoms with E-state index in [1.54, 1.807) is 0 Å². The topological polar surface area (TPSA) is 45.6 Å². The smallest absolute Gasteiger partial charge is 0.255 e. The third-order valence-electron chi connectivity index (χ3n) is 8.62. The highest BCUT2D eigenvalue weighted by Crippen LogP contribution is 2.48. The van der Waals surface area contributed by atoms with Crippen LogP contribution in [0.5, 0.6) is 0 Å². The van der Waals surface area contributed by atoms with E-state index < -0.39 is 6.04 Å². The molecule has 0 N–H and O–H groups in total. The summed E-state index contributed by atoms with van der Waals surface area (Å²) in [6, 6.07) is 25.9. The number of para-hydroxylation sites is 1. The van der Waals surface area contributed by atoms with Crippen molar-refractivity contribution in [3.63, 3.8) is 0 Å². The summed E-state index contributed by atoms with van der Waals surface area (Å²) in [5, 5.41) is 1.12. The zero-order valence-electron chi connectivity index (χ0n) is 22.4. The van der Waals surface area contributed by atoms with Crippen molar-refractivity contribution in [2.24, 2.45) is 13.0 Å². The van der Waals surface area contributed by atoms with Crippen LogP contribution in [0.3, 0.4) is 0 Å². The molecular formula is C33H35N3O2. The van der Waals surface area contributed by atoms with E-state index in [1.807, 2.05) is 34.1 Å². The van der Waals surface area contributed by atoms with Gasteiger partial charge in [0.05, 0.1) is 11.7 Å². The quantitative estimate of drug-likeness (QED) is 0.303. The van der Waals surface area contributed by atoms with Crippen molar-refractivity contribution < 1.29 is 9.59 Å². The fraction of sp³-hybridized carbons (Fsp3) is 0.333. The van der Waals surface area contributed by atoms with Crippen molar-refractivity contribution >= 4 is 22.7 Å². The molecule has 0 aliphatic carbocycles. The Bertz CT molecular complexity index is 1500. The van der Waals surface area contributed by atoms with E-state index in [0.29, 0.717) is 5.56 Å². The van der Waals surface area contributed by atoms with Crippen LogP contribution in [-0.2, 0) is 11.8 Å². The molecule has 3 unspecified atom stereocenters. The van der Waals surface area contributed by atoms with Gasteiger partial charge in [0.15, 0.2) is 0 Å². The number of fused-ring (bicyclic) bond motifs is 2. The van der Waals surface area contributed by atoms with Gasteiger partial charge in [-0.2, -0.15) is 0 Å². The molecule has 3 heterocycles. The maximum Gasteiger partial charge on any atom is 0.255 e. The molecule has 194 valence electrons. The van der Waals surface area contributed by atoms with E-state index in [4.69, 9.17) is 0 Å². The van der Waals surface area contributed by atoms with Gasteiger partial charge in [-0.25, -0.2) is 0 Å². The Balaban J connectivity index is 1.63. The zero-order valence-corrected chi connectivity index (χ0v) is 22.4. The van der Waals surface area contributed by atoms with Gasteiger partial charge in [0.1, 0.15) is 6.04 Å². The molecule has 0 radical (unpaired) electrons. The summed E-state index contributed by atoms with van der Waals surface area (Å²) < 4.78 is 2.24. The summed E-state index contributed by atoms with van der Waals surface area (Å²) in [5.74, 6) is 0.0684. The molecule has 3 aromatic carbocycles. The van der Waals surface area contributed by atoms with Gasteiger partial charge in [-0.15, -0.1) is 0 Å². The van der Waals surface area contributed by atoms with Gasteiger partial charge in [0.2, 0.25) is 5.91 Å². The van der Waals surface area contributed by atoms with Gasteiger partial charge in [0, 0.05) is 42.2 Å². The largest absolute Gasteiger partial charge is 0.343 e. The third kappa shape index (κ3) is 3.75. The number of aromatic nitrogens is 1. The van der Waals surface area contributed by atoms with Crippen LogP contribution >= 0.6 is 0 Å². The predicted molar refractivity (Wildman–Crippen MR) is 152 cm³/mol. The molecule has 1 fully saturated rings. The molecule has 4 aromatic rings. The number of carbonyl (C=O) groups excluding carboxylic acids is 2. The van der Waals surface area contributed by atoms with Crippen LogP contribution < -0.4 is 0 Å². The number of nitrogens with zero attached hydrogens (tertiary/aromatic N) is 3. The lowest BCUT2D eigenvalue weighted by Gasteiger charge is -2.38. The van der Waals surface area contributed by atoms with Gasteiger partial charge in [0.25, 0.3) is 5.91 Å².